The van der Waals surface area contributed by atoms with E-state index in [1.165, 1.54) is 12.1 Å². The average Bonchev–Trinajstić information content (AvgIpc) is 2.17. The lowest BCUT2D eigenvalue weighted by molar-refractivity contribution is 0.230. The maximum atomic E-state index is 13.1. The van der Waals surface area contributed by atoms with E-state index in [4.69, 9.17) is 0 Å². The number of carbonyl (C=O) groups excluding carboxylic acids is 1. The highest BCUT2D eigenvalue weighted by Gasteiger charge is 2.22. The third-order valence-electron chi connectivity index (χ3n) is 2.31. The highest BCUT2D eigenvalue weighted by atomic mass is 19.1. The Hall–Kier alpha value is -1.58. The first-order valence-electron chi connectivity index (χ1n) is 5.28. The Morgan fingerprint density at radius 2 is 2.12 bits per heavy atom. The summed E-state index contributed by atoms with van der Waals surface area (Å²) >= 11 is 0. The van der Waals surface area contributed by atoms with Gasteiger partial charge in [0, 0.05) is 6.54 Å². The highest BCUT2D eigenvalue weighted by molar-refractivity contribution is 5.74. The molecule has 0 atom stereocenters. The predicted molar refractivity (Wildman–Crippen MR) is 61.6 cm³/mol. The monoisotopic (exact) mass is 224 g/mol. The maximum Gasteiger partial charge on any atom is 0.315 e. The molecule has 0 aliphatic carbocycles. The predicted octanol–water partition coefficient (Wildman–Crippen LogP) is 2.38. The molecule has 0 spiro atoms. The van der Waals surface area contributed by atoms with Gasteiger partial charge in [0.25, 0.3) is 0 Å². The van der Waals surface area contributed by atoms with Crippen molar-refractivity contribution in [3.8, 4) is 0 Å². The number of nitrogens with one attached hydrogen (secondary N) is 2. The van der Waals surface area contributed by atoms with Crippen molar-refractivity contribution in [1.82, 2.24) is 10.6 Å². The summed E-state index contributed by atoms with van der Waals surface area (Å²) in [7, 11) is 0. The Kier molecular flexibility index (Phi) is 3.88. The second kappa shape index (κ2) is 4.96. The molecule has 0 aliphatic heterocycles. The van der Waals surface area contributed by atoms with Crippen LogP contribution in [0, 0.1) is 5.82 Å². The van der Waals surface area contributed by atoms with Crippen LogP contribution in [0.2, 0.25) is 0 Å². The molecule has 0 saturated heterocycles. The van der Waals surface area contributed by atoms with E-state index in [2.05, 4.69) is 10.6 Å². The summed E-state index contributed by atoms with van der Waals surface area (Å²) in [5, 5.41) is 5.43. The lowest BCUT2D eigenvalue weighted by atomic mass is 9.94. The molecule has 3 nitrogen and oxygen atoms in total. The van der Waals surface area contributed by atoms with Crippen LogP contribution in [0.15, 0.2) is 24.3 Å². The van der Waals surface area contributed by atoms with Gasteiger partial charge in [-0.3, -0.25) is 0 Å². The van der Waals surface area contributed by atoms with Gasteiger partial charge in [-0.2, -0.15) is 0 Å². The van der Waals surface area contributed by atoms with Gasteiger partial charge >= 0.3 is 6.03 Å². The molecule has 2 amide bonds. The first-order chi connectivity index (χ1) is 7.45. The van der Waals surface area contributed by atoms with Crippen LogP contribution in [0.25, 0.3) is 0 Å². The van der Waals surface area contributed by atoms with Crippen molar-refractivity contribution < 1.29 is 9.18 Å². The number of urea groups is 1. The van der Waals surface area contributed by atoms with Crippen LogP contribution < -0.4 is 10.6 Å². The SMILES string of the molecule is CCNC(=O)NC(C)(C)c1cccc(F)c1. The van der Waals surface area contributed by atoms with Gasteiger partial charge < -0.3 is 10.6 Å². The topological polar surface area (TPSA) is 41.1 Å². The summed E-state index contributed by atoms with van der Waals surface area (Å²) < 4.78 is 13.1. The smallest absolute Gasteiger partial charge is 0.315 e. The van der Waals surface area contributed by atoms with Gasteiger partial charge in [0.2, 0.25) is 0 Å². The Morgan fingerprint density at radius 1 is 1.44 bits per heavy atom. The zero-order valence-electron chi connectivity index (χ0n) is 9.80. The van der Waals surface area contributed by atoms with E-state index in [-0.39, 0.29) is 11.8 Å². The zero-order valence-corrected chi connectivity index (χ0v) is 9.80. The number of carbonyl (C=O) groups is 1. The van der Waals surface area contributed by atoms with E-state index >= 15 is 0 Å². The Morgan fingerprint density at radius 3 is 2.69 bits per heavy atom. The van der Waals surface area contributed by atoms with Crippen LogP contribution >= 0.6 is 0 Å². The van der Waals surface area contributed by atoms with Crippen molar-refractivity contribution in [2.75, 3.05) is 6.54 Å². The molecule has 0 fully saturated rings. The molecule has 0 heterocycles. The molecule has 4 heteroatoms. The Balaban J connectivity index is 2.81. The molecule has 0 aliphatic rings. The van der Waals surface area contributed by atoms with Gasteiger partial charge in [0.05, 0.1) is 5.54 Å². The molecule has 0 saturated carbocycles. The van der Waals surface area contributed by atoms with Crippen LogP contribution in [0.4, 0.5) is 9.18 Å². The van der Waals surface area contributed by atoms with Gasteiger partial charge in [0.15, 0.2) is 0 Å². The maximum absolute atomic E-state index is 13.1. The van der Waals surface area contributed by atoms with E-state index in [0.717, 1.165) is 5.56 Å². The van der Waals surface area contributed by atoms with Crippen LogP contribution in [0.5, 0.6) is 0 Å². The lowest BCUT2D eigenvalue weighted by Gasteiger charge is -2.26. The molecule has 1 aromatic carbocycles. The number of hydrogen-bond donors (Lipinski definition) is 2. The summed E-state index contributed by atoms with van der Waals surface area (Å²) in [6.45, 7) is 6.06. The van der Waals surface area contributed by atoms with Crippen molar-refractivity contribution >= 4 is 6.03 Å². The second-order valence-corrected chi connectivity index (χ2v) is 4.12. The molecule has 0 bridgehead atoms. The first kappa shape index (κ1) is 12.5. The second-order valence-electron chi connectivity index (χ2n) is 4.12. The normalized spacial score (nSPS) is 11.0. The zero-order chi connectivity index (χ0) is 12.2. The van der Waals surface area contributed by atoms with Gasteiger partial charge in [0.1, 0.15) is 5.82 Å². The lowest BCUT2D eigenvalue weighted by Crippen LogP contribution is -2.46. The van der Waals surface area contributed by atoms with Crippen molar-refractivity contribution in [3.63, 3.8) is 0 Å². The van der Waals surface area contributed by atoms with Crippen LogP contribution in [0.3, 0.4) is 0 Å². The minimum atomic E-state index is -0.596. The number of amides is 2. The van der Waals surface area contributed by atoms with E-state index < -0.39 is 5.54 Å². The molecule has 88 valence electrons. The van der Waals surface area contributed by atoms with E-state index in [0.29, 0.717) is 6.54 Å². The average molecular weight is 224 g/mol. The van der Waals surface area contributed by atoms with Crippen molar-refractivity contribution in [2.24, 2.45) is 0 Å². The van der Waals surface area contributed by atoms with Crippen LogP contribution in [0.1, 0.15) is 26.3 Å². The Bertz CT molecular complexity index is 377. The third kappa shape index (κ3) is 3.22. The summed E-state index contributed by atoms with van der Waals surface area (Å²) in [6, 6.07) is 5.97. The Labute approximate surface area is 95.0 Å². The summed E-state index contributed by atoms with van der Waals surface area (Å²) in [4.78, 5) is 11.4. The number of benzene rings is 1. The molecule has 1 rings (SSSR count). The fraction of sp³-hybridized carbons (Fsp3) is 0.417. The molecule has 0 aromatic heterocycles. The summed E-state index contributed by atoms with van der Waals surface area (Å²) in [6.07, 6.45) is 0. The standard InChI is InChI=1S/C12H17FN2O/c1-4-14-11(16)15-12(2,3)9-6-5-7-10(13)8-9/h5-8H,4H2,1-3H3,(H2,14,15,16). The minimum absolute atomic E-state index is 0.253. The summed E-state index contributed by atoms with van der Waals surface area (Å²) in [5.74, 6) is -0.303. The fourth-order valence-corrected chi connectivity index (χ4v) is 1.44. The summed E-state index contributed by atoms with van der Waals surface area (Å²) in [5.41, 5.74) is 0.139. The molecule has 1 aromatic rings. The van der Waals surface area contributed by atoms with E-state index in [9.17, 15) is 9.18 Å². The van der Waals surface area contributed by atoms with Gasteiger partial charge in [-0.25, -0.2) is 9.18 Å². The van der Waals surface area contributed by atoms with Gasteiger partial charge in [-0.05, 0) is 38.5 Å². The first-order valence-corrected chi connectivity index (χ1v) is 5.28. The van der Waals surface area contributed by atoms with E-state index in [1.54, 1.807) is 12.1 Å². The highest BCUT2D eigenvalue weighted by Crippen LogP contribution is 2.20. The largest absolute Gasteiger partial charge is 0.338 e. The van der Waals surface area contributed by atoms with Crippen LogP contribution in [-0.4, -0.2) is 12.6 Å². The third-order valence-corrected chi connectivity index (χ3v) is 2.31. The van der Waals surface area contributed by atoms with E-state index in [1.807, 2.05) is 20.8 Å². The molecule has 0 unspecified atom stereocenters. The van der Waals surface area contributed by atoms with Crippen molar-refractivity contribution in [1.29, 1.82) is 0 Å². The molecule has 2 N–H and O–H groups in total. The number of hydrogen-bond acceptors (Lipinski definition) is 1. The van der Waals surface area contributed by atoms with Gasteiger partial charge in [-0.15, -0.1) is 0 Å². The van der Waals surface area contributed by atoms with Gasteiger partial charge in [-0.1, -0.05) is 12.1 Å². The molecular formula is C12H17FN2O. The number of rotatable bonds is 3. The molecule has 0 radical (unpaired) electrons. The van der Waals surface area contributed by atoms with Crippen molar-refractivity contribution in [3.05, 3.63) is 35.6 Å². The quantitative estimate of drug-likeness (QED) is 0.813. The van der Waals surface area contributed by atoms with Crippen molar-refractivity contribution in [2.45, 2.75) is 26.3 Å². The fourth-order valence-electron chi connectivity index (χ4n) is 1.44. The van der Waals surface area contributed by atoms with Crippen LogP contribution in [-0.2, 0) is 5.54 Å². The minimum Gasteiger partial charge on any atom is -0.338 e. The molecule has 16 heavy (non-hydrogen) atoms. The number of halogens is 1. The molecular weight excluding hydrogens is 207 g/mol.